The third-order valence-electron chi connectivity index (χ3n) is 2.18. The van der Waals surface area contributed by atoms with E-state index in [4.69, 9.17) is 12.2 Å². The summed E-state index contributed by atoms with van der Waals surface area (Å²) < 4.78 is 0.953. The number of hydrogen-bond donors (Lipinski definition) is 3. The minimum absolute atomic E-state index is 0.0786. The van der Waals surface area contributed by atoms with Crippen molar-refractivity contribution < 1.29 is 5.11 Å². The fourth-order valence-electron chi connectivity index (χ4n) is 1.41. The van der Waals surface area contributed by atoms with Gasteiger partial charge in [-0.2, -0.15) is 0 Å². The van der Waals surface area contributed by atoms with Crippen molar-refractivity contribution in [3.8, 4) is 0 Å². The van der Waals surface area contributed by atoms with E-state index in [2.05, 4.69) is 26.6 Å². The Balaban J connectivity index is 2.46. The van der Waals surface area contributed by atoms with E-state index < -0.39 is 6.10 Å². The summed E-state index contributed by atoms with van der Waals surface area (Å²) in [5, 5.41) is 16.7. The average molecular weight is 331 g/mol. The van der Waals surface area contributed by atoms with Crippen molar-refractivity contribution in [2.75, 3.05) is 6.54 Å². The van der Waals surface area contributed by atoms with Gasteiger partial charge in [-0.05, 0) is 50.7 Å². The molecule has 0 spiro atoms. The summed E-state index contributed by atoms with van der Waals surface area (Å²) in [6, 6.07) is 7.60. The molecule has 0 radical (unpaired) electrons. The van der Waals surface area contributed by atoms with Crippen molar-refractivity contribution in [2.45, 2.75) is 32.4 Å². The van der Waals surface area contributed by atoms with Crippen molar-refractivity contribution in [2.24, 2.45) is 0 Å². The molecule has 3 nitrogen and oxygen atoms in total. The van der Waals surface area contributed by atoms with Crippen molar-refractivity contribution in [3.63, 3.8) is 0 Å². The Kier molecular flexibility index (Phi) is 5.56. The van der Waals surface area contributed by atoms with E-state index in [9.17, 15) is 5.11 Å². The Morgan fingerprint density at radius 1 is 1.44 bits per heavy atom. The number of aliphatic hydroxyl groups is 1. The minimum atomic E-state index is -0.581. The largest absolute Gasteiger partial charge is 0.387 e. The number of hydrogen-bond acceptors (Lipinski definition) is 2. The Hall–Kier alpha value is -0.650. The Bertz CT molecular complexity index is 418. The van der Waals surface area contributed by atoms with Crippen LogP contribution in [0.2, 0.25) is 0 Å². The van der Waals surface area contributed by atoms with Crippen LogP contribution < -0.4 is 10.6 Å². The third-order valence-corrected chi connectivity index (χ3v) is 2.92. The molecular weight excluding hydrogens is 312 g/mol. The summed E-state index contributed by atoms with van der Waals surface area (Å²) in [6.45, 7) is 6.49. The average Bonchev–Trinajstić information content (AvgIpc) is 2.23. The smallest absolute Gasteiger partial charge is 0.166 e. The van der Waals surface area contributed by atoms with Gasteiger partial charge in [-0.25, -0.2) is 0 Å². The highest BCUT2D eigenvalue weighted by molar-refractivity contribution is 9.10. The van der Waals surface area contributed by atoms with Crippen molar-refractivity contribution in [1.82, 2.24) is 10.6 Å². The third kappa shape index (κ3) is 5.80. The van der Waals surface area contributed by atoms with Crippen LogP contribution in [0.5, 0.6) is 0 Å². The second-order valence-corrected chi connectivity index (χ2v) is 6.48. The zero-order chi connectivity index (χ0) is 13.8. The first-order valence-electron chi connectivity index (χ1n) is 5.77. The van der Waals surface area contributed by atoms with Gasteiger partial charge in [-0.15, -0.1) is 0 Å². The van der Waals surface area contributed by atoms with E-state index in [1.165, 1.54) is 0 Å². The molecule has 1 aromatic rings. The highest BCUT2D eigenvalue weighted by Crippen LogP contribution is 2.17. The summed E-state index contributed by atoms with van der Waals surface area (Å²) in [7, 11) is 0. The predicted molar refractivity (Wildman–Crippen MR) is 82.6 cm³/mol. The first-order chi connectivity index (χ1) is 8.28. The lowest BCUT2D eigenvalue weighted by atomic mass is 10.1. The number of halogens is 1. The maximum absolute atomic E-state index is 10.0. The number of thiocarbonyl (C=S) groups is 1. The first kappa shape index (κ1) is 15.4. The fraction of sp³-hybridized carbons (Fsp3) is 0.462. The van der Waals surface area contributed by atoms with Crippen LogP contribution >= 0.6 is 28.1 Å². The van der Waals surface area contributed by atoms with Crippen LogP contribution in [-0.4, -0.2) is 22.3 Å². The normalized spacial score (nSPS) is 12.9. The maximum atomic E-state index is 10.0. The molecule has 18 heavy (non-hydrogen) atoms. The van der Waals surface area contributed by atoms with Gasteiger partial charge >= 0.3 is 0 Å². The molecule has 0 amide bonds. The highest BCUT2D eigenvalue weighted by atomic mass is 79.9. The predicted octanol–water partition coefficient (Wildman–Crippen LogP) is 2.75. The molecule has 5 heteroatoms. The lowest BCUT2D eigenvalue weighted by molar-refractivity contribution is 0.181. The van der Waals surface area contributed by atoms with Crippen molar-refractivity contribution in [3.05, 3.63) is 34.3 Å². The SMILES string of the molecule is CC(C)(C)NC(=S)NCC(O)c1cccc(Br)c1. The lowest BCUT2D eigenvalue weighted by Gasteiger charge is -2.23. The van der Waals surface area contributed by atoms with Crippen LogP contribution in [0.1, 0.15) is 32.4 Å². The molecule has 0 aromatic heterocycles. The molecule has 1 unspecified atom stereocenters. The summed E-state index contributed by atoms with van der Waals surface area (Å²) in [5.74, 6) is 0. The second-order valence-electron chi connectivity index (χ2n) is 5.16. The quantitative estimate of drug-likeness (QED) is 0.746. The lowest BCUT2D eigenvalue weighted by Crippen LogP contribution is -2.47. The van der Waals surface area contributed by atoms with E-state index in [1.54, 1.807) is 0 Å². The van der Waals surface area contributed by atoms with Crippen LogP contribution in [0.3, 0.4) is 0 Å². The maximum Gasteiger partial charge on any atom is 0.166 e. The van der Waals surface area contributed by atoms with E-state index in [-0.39, 0.29) is 5.54 Å². The standard InChI is InChI=1S/C13H19BrN2OS/c1-13(2,3)16-12(18)15-8-11(17)9-5-4-6-10(14)7-9/h4-7,11,17H,8H2,1-3H3,(H2,15,16,18). The Morgan fingerprint density at radius 2 is 2.11 bits per heavy atom. The number of benzene rings is 1. The van der Waals surface area contributed by atoms with Gasteiger partial charge in [-0.1, -0.05) is 28.1 Å². The van der Waals surface area contributed by atoms with Gasteiger partial charge in [-0.3, -0.25) is 0 Å². The zero-order valence-electron chi connectivity index (χ0n) is 10.8. The second kappa shape index (κ2) is 6.50. The van der Waals surface area contributed by atoms with Crippen molar-refractivity contribution >= 4 is 33.3 Å². The fourth-order valence-corrected chi connectivity index (χ4v) is 2.21. The minimum Gasteiger partial charge on any atom is -0.387 e. The molecule has 1 rings (SSSR count). The Labute approximate surface area is 122 Å². The molecule has 1 atom stereocenters. The van der Waals surface area contributed by atoms with Gasteiger partial charge in [0, 0.05) is 16.6 Å². The number of nitrogens with one attached hydrogen (secondary N) is 2. The summed E-state index contributed by atoms with van der Waals surface area (Å²) >= 11 is 8.53. The molecule has 100 valence electrons. The highest BCUT2D eigenvalue weighted by Gasteiger charge is 2.12. The van der Waals surface area contributed by atoms with E-state index >= 15 is 0 Å². The molecule has 0 bridgehead atoms. The van der Waals surface area contributed by atoms with Crippen LogP contribution in [-0.2, 0) is 0 Å². The molecule has 0 heterocycles. The van der Waals surface area contributed by atoms with Crippen molar-refractivity contribution in [1.29, 1.82) is 0 Å². The van der Waals surface area contributed by atoms with Gasteiger partial charge in [0.25, 0.3) is 0 Å². The van der Waals surface area contributed by atoms with Gasteiger partial charge in [0.15, 0.2) is 5.11 Å². The Morgan fingerprint density at radius 3 is 2.67 bits per heavy atom. The zero-order valence-corrected chi connectivity index (χ0v) is 13.2. The van der Waals surface area contributed by atoms with Gasteiger partial charge in [0.05, 0.1) is 6.10 Å². The monoisotopic (exact) mass is 330 g/mol. The topological polar surface area (TPSA) is 44.3 Å². The summed E-state index contributed by atoms with van der Waals surface area (Å²) in [6.07, 6.45) is -0.581. The molecule has 3 N–H and O–H groups in total. The molecule has 0 aliphatic rings. The van der Waals surface area contributed by atoms with Gasteiger partial charge < -0.3 is 15.7 Å². The van der Waals surface area contributed by atoms with Gasteiger partial charge in [0.2, 0.25) is 0 Å². The van der Waals surface area contributed by atoms with Crippen LogP contribution in [0.15, 0.2) is 28.7 Å². The summed E-state index contributed by atoms with van der Waals surface area (Å²) in [5.41, 5.74) is 0.778. The molecule has 0 saturated heterocycles. The van der Waals surface area contributed by atoms with E-state index in [1.807, 2.05) is 45.0 Å². The first-order valence-corrected chi connectivity index (χ1v) is 6.97. The molecule has 1 aromatic carbocycles. The summed E-state index contributed by atoms with van der Waals surface area (Å²) in [4.78, 5) is 0. The van der Waals surface area contributed by atoms with Crippen LogP contribution in [0.4, 0.5) is 0 Å². The molecule has 0 aliphatic heterocycles. The van der Waals surface area contributed by atoms with Crippen LogP contribution in [0, 0.1) is 0 Å². The molecular formula is C13H19BrN2OS. The van der Waals surface area contributed by atoms with E-state index in [0.717, 1.165) is 10.0 Å². The molecule has 0 aliphatic carbocycles. The number of aliphatic hydroxyl groups excluding tert-OH is 1. The molecule has 0 saturated carbocycles. The van der Waals surface area contributed by atoms with Gasteiger partial charge in [0.1, 0.15) is 0 Å². The van der Waals surface area contributed by atoms with E-state index in [0.29, 0.717) is 11.7 Å². The number of rotatable bonds is 3. The van der Waals surface area contributed by atoms with Crippen LogP contribution in [0.25, 0.3) is 0 Å². The molecule has 0 fully saturated rings.